The normalized spacial score (nSPS) is 17.5. The van der Waals surface area contributed by atoms with Gasteiger partial charge in [0.1, 0.15) is 12.1 Å². The van der Waals surface area contributed by atoms with E-state index in [1.807, 2.05) is 0 Å². The first-order chi connectivity index (χ1) is 47.0. The molecular weight excluding hydrogens is 1220 g/mol. The molecule has 0 spiro atoms. The van der Waals surface area contributed by atoms with E-state index >= 15 is 0 Å². The Morgan fingerprint density at radius 3 is 0.822 bits per heavy atom. The number of nitrogens with zero attached hydrogens (tertiary/aromatic N) is 2. The monoisotopic (exact) mass is 1330 g/mol. The fourth-order valence-corrected chi connectivity index (χ4v) is 15.8. The Morgan fingerprint density at radius 2 is 0.515 bits per heavy atom. The summed E-state index contributed by atoms with van der Waals surface area (Å²) in [6.07, 6.45) is 4.43. The van der Waals surface area contributed by atoms with E-state index in [-0.39, 0.29) is 67.5 Å². The molecule has 0 amide bonds. The Morgan fingerprint density at radius 1 is 0.257 bits per heavy atom. The summed E-state index contributed by atoms with van der Waals surface area (Å²) in [6, 6.07) is 83.0. The zero-order valence-corrected chi connectivity index (χ0v) is 65.8. The van der Waals surface area contributed by atoms with Crippen LogP contribution in [0.5, 0.6) is 0 Å². The van der Waals surface area contributed by atoms with Gasteiger partial charge in [-0.2, -0.15) is 0 Å². The van der Waals surface area contributed by atoms with Crippen LogP contribution in [0.1, 0.15) is 268 Å². The quantitative estimate of drug-likeness (QED) is 0.137. The minimum atomic E-state index is -0.0135. The predicted molar refractivity (Wildman–Crippen MR) is 435 cm³/mol. The van der Waals surface area contributed by atoms with E-state index in [2.05, 4.69) is 388 Å². The van der Waals surface area contributed by atoms with Crippen LogP contribution >= 0.6 is 0 Å². The number of hydrogen-bond acceptors (Lipinski definition) is 1. The Bertz CT molecular complexity index is 4510. The number of rotatable bonds is 8. The van der Waals surface area contributed by atoms with Gasteiger partial charge >= 0.3 is 0 Å². The summed E-state index contributed by atoms with van der Waals surface area (Å²) in [5.41, 5.74) is 34.3. The van der Waals surface area contributed by atoms with Crippen LogP contribution in [0, 0.1) is 0 Å². The van der Waals surface area contributed by atoms with Crippen LogP contribution in [0.25, 0.3) is 66.8 Å². The van der Waals surface area contributed by atoms with E-state index in [4.69, 9.17) is 0 Å². The van der Waals surface area contributed by atoms with Crippen molar-refractivity contribution in [1.29, 1.82) is 0 Å². The van der Waals surface area contributed by atoms with Crippen molar-refractivity contribution in [2.45, 2.75) is 246 Å². The molecule has 0 saturated carbocycles. The van der Waals surface area contributed by atoms with Gasteiger partial charge in [0.2, 0.25) is 6.34 Å². The predicted octanol–water partition coefficient (Wildman–Crippen LogP) is 26.8. The molecule has 10 aromatic rings. The van der Waals surface area contributed by atoms with Crippen LogP contribution in [0.4, 0.5) is 0 Å². The molecule has 0 fully saturated rings. The van der Waals surface area contributed by atoms with Crippen LogP contribution in [0.2, 0.25) is 0 Å². The maximum atomic E-state index is 2.76. The van der Waals surface area contributed by atoms with Crippen LogP contribution in [0.15, 0.2) is 206 Å². The minimum Gasteiger partial charge on any atom is -0.249 e. The van der Waals surface area contributed by atoms with Crippen LogP contribution < -0.4 is 0 Å². The lowest BCUT2D eigenvalue weighted by Gasteiger charge is -2.37. The second-order valence-corrected chi connectivity index (χ2v) is 38.8. The molecule has 13 rings (SSSR count). The molecule has 520 valence electrons. The molecule has 101 heavy (non-hydrogen) atoms. The van der Waals surface area contributed by atoms with E-state index in [9.17, 15) is 0 Å². The lowest BCUT2D eigenvalue weighted by Crippen LogP contribution is -2.37. The van der Waals surface area contributed by atoms with Gasteiger partial charge in [0.25, 0.3) is 0 Å². The van der Waals surface area contributed by atoms with Crippen molar-refractivity contribution < 1.29 is 4.58 Å². The van der Waals surface area contributed by atoms with Gasteiger partial charge in [-0.1, -0.05) is 336 Å². The third kappa shape index (κ3) is 14.5. The summed E-state index contributed by atoms with van der Waals surface area (Å²) in [4.78, 5) is 2.76. The largest absolute Gasteiger partial charge is 0.249 e. The molecule has 4 atom stereocenters. The highest BCUT2D eigenvalue weighted by Gasteiger charge is 2.54. The first kappa shape index (κ1) is 71.1. The van der Waals surface area contributed by atoms with Gasteiger partial charge in [-0.25, -0.2) is 9.48 Å². The highest BCUT2D eigenvalue weighted by molar-refractivity contribution is 5.84. The topological polar surface area (TPSA) is 6.25 Å². The van der Waals surface area contributed by atoms with E-state index < -0.39 is 0 Å². The molecule has 0 bridgehead atoms. The van der Waals surface area contributed by atoms with Gasteiger partial charge < -0.3 is 0 Å². The molecule has 3 heterocycles. The van der Waals surface area contributed by atoms with Gasteiger partial charge in [0, 0.05) is 24.0 Å². The summed E-state index contributed by atoms with van der Waals surface area (Å²) in [5.74, 6) is 0. The van der Waals surface area contributed by atoms with Crippen molar-refractivity contribution >= 4 is 6.34 Å². The zero-order chi connectivity index (χ0) is 72.6. The van der Waals surface area contributed by atoms with Gasteiger partial charge in [-0.3, -0.25) is 0 Å². The molecule has 0 N–H and O–H groups in total. The molecule has 2 heteroatoms. The average molecular weight is 1330 g/mol. The molecule has 2 nitrogen and oxygen atoms in total. The van der Waals surface area contributed by atoms with E-state index in [0.29, 0.717) is 0 Å². The second kappa shape index (κ2) is 25.3. The number of fused-ring (bicyclic) bond motifs is 7. The van der Waals surface area contributed by atoms with Crippen LogP contribution in [0.3, 0.4) is 0 Å². The summed E-state index contributed by atoms with van der Waals surface area (Å²) in [6.45, 7) is 56.4. The molecule has 0 unspecified atom stereocenters. The second-order valence-electron chi connectivity index (χ2n) is 38.8. The van der Waals surface area contributed by atoms with Crippen molar-refractivity contribution in [3.8, 4) is 66.8 Å². The highest BCUT2D eigenvalue weighted by atomic mass is 15.4. The van der Waals surface area contributed by atoms with Crippen LogP contribution in [-0.2, 0) is 56.2 Å². The standard InChI is InChI=1S/C99H115N2/c1-92(2,3)78-47-74(48-79(57-78)93(4,5)6)70-41-68(42-71(45-70)75-49-80(94(7,8)9)58-81(50-75)95(10,11)12)62-33-37-64(38-34-62)88-55-66-29-25-27-31-86(66)90-91-87-32-28-26-30-67(87)56-89(101(91)61-100(88)90)65-39-35-63(36-40-65)69-43-72(76-51-82(96(13,14)15)59-83(52-76)97(16,17)18)46-73(44-69)77-53-84(98(19,20)21)60-85(54-77)99(22,23)24/h25-54,57-61,88-91H,55-56H2,1-24H3/q+1/t88-,89-,90-,91-/m1/s1. The van der Waals surface area contributed by atoms with Crippen molar-refractivity contribution in [2.24, 2.45) is 0 Å². The summed E-state index contributed by atoms with van der Waals surface area (Å²) >= 11 is 0. The third-order valence-corrected chi connectivity index (χ3v) is 22.6. The molecule has 0 aromatic heterocycles. The SMILES string of the molecule is CC(C)(C)c1cc(-c2cc(-c3ccc([C@H]4Cc5ccccc5[C@@H]5[C@H]6c7ccccc7C[C@H](c7ccc(-c8cc(-c9cc(C(C)(C)C)cc(C(C)(C)C)c9)cc(-c9cc(C(C)(C)C)cc(C(C)(C)C)c9)c8)cc7)[N+]6=CN45)cc3)cc(-c3cc(C(C)(C)C)cc(C(C)(C)C)c3)c2)cc(C(C)(C)C)c1. The van der Waals surface area contributed by atoms with Crippen LogP contribution in [-0.4, -0.2) is 15.8 Å². The Hall–Kier alpha value is -8.33. The Kier molecular flexibility index (Phi) is 17.8. The Balaban J connectivity index is 0.911. The minimum absolute atomic E-state index is 0.0135. The zero-order valence-electron chi connectivity index (χ0n) is 65.8. The highest BCUT2D eigenvalue weighted by Crippen LogP contribution is 2.55. The van der Waals surface area contributed by atoms with E-state index in [1.54, 1.807) is 0 Å². The average Bonchev–Trinajstić information content (AvgIpc) is 1.57. The first-order valence-corrected chi connectivity index (χ1v) is 37.8. The first-order valence-electron chi connectivity index (χ1n) is 37.8. The van der Waals surface area contributed by atoms with Gasteiger partial charge in [0.05, 0.1) is 0 Å². The van der Waals surface area contributed by atoms with Crippen molar-refractivity contribution in [3.05, 3.63) is 284 Å². The number of hydrogen-bond donors (Lipinski definition) is 0. The molecule has 10 aromatic carbocycles. The van der Waals surface area contributed by atoms with E-state index in [0.717, 1.165) is 12.8 Å². The molecule has 0 radical (unpaired) electrons. The molecular formula is C99H115N2+. The summed E-state index contributed by atoms with van der Waals surface area (Å²) < 4.78 is 2.76. The van der Waals surface area contributed by atoms with Crippen molar-refractivity contribution in [3.63, 3.8) is 0 Å². The van der Waals surface area contributed by atoms with E-state index in [1.165, 1.54) is 145 Å². The lowest BCUT2D eigenvalue weighted by molar-refractivity contribution is -0.609. The lowest BCUT2D eigenvalue weighted by atomic mass is 9.77. The maximum absolute atomic E-state index is 2.76. The fraction of sp³-hybridized carbons (Fsp3) is 0.384. The summed E-state index contributed by atoms with van der Waals surface area (Å²) in [5, 5.41) is 0. The van der Waals surface area contributed by atoms with Crippen molar-refractivity contribution in [2.75, 3.05) is 0 Å². The summed E-state index contributed by atoms with van der Waals surface area (Å²) in [7, 11) is 0. The smallest absolute Gasteiger partial charge is 0.236 e. The van der Waals surface area contributed by atoms with Crippen molar-refractivity contribution in [1.82, 2.24) is 4.90 Å². The third-order valence-electron chi connectivity index (χ3n) is 22.6. The fourth-order valence-electron chi connectivity index (χ4n) is 15.8. The van der Waals surface area contributed by atoms with Gasteiger partial charge in [-0.15, -0.1) is 0 Å². The number of benzene rings is 10. The molecule has 0 saturated heterocycles. The van der Waals surface area contributed by atoms with Gasteiger partial charge in [0.15, 0.2) is 12.1 Å². The Labute approximate surface area is 609 Å². The maximum Gasteiger partial charge on any atom is 0.236 e. The molecule has 3 aliphatic heterocycles. The molecule has 3 aliphatic rings. The van der Waals surface area contributed by atoms with Gasteiger partial charge in [-0.05, 0) is 213 Å². The molecule has 0 aliphatic carbocycles.